The molecule has 1 aromatic rings. The van der Waals surface area contributed by atoms with Crippen molar-refractivity contribution in [2.75, 3.05) is 29.5 Å². The maximum atomic E-state index is 12.6. The van der Waals surface area contributed by atoms with Gasteiger partial charge in [0.05, 0.1) is 25.2 Å². The van der Waals surface area contributed by atoms with Gasteiger partial charge in [0.25, 0.3) is 5.91 Å². The molecule has 6 heteroatoms. The molecule has 0 bridgehead atoms. The van der Waals surface area contributed by atoms with E-state index in [0.717, 1.165) is 28.2 Å². The van der Waals surface area contributed by atoms with Gasteiger partial charge in [-0.3, -0.25) is 9.59 Å². The van der Waals surface area contributed by atoms with Gasteiger partial charge < -0.3 is 4.90 Å². The van der Waals surface area contributed by atoms with Crippen molar-refractivity contribution in [2.24, 2.45) is 0 Å². The zero-order valence-electron chi connectivity index (χ0n) is 11.0. The molecule has 2 amide bonds. The van der Waals surface area contributed by atoms with Crippen LogP contribution in [-0.4, -0.2) is 42.5 Å². The van der Waals surface area contributed by atoms with Crippen LogP contribution in [0, 0.1) is 3.57 Å². The summed E-state index contributed by atoms with van der Waals surface area (Å²) in [6.45, 7) is 1.96. The van der Waals surface area contributed by atoms with Crippen LogP contribution in [0.2, 0.25) is 0 Å². The van der Waals surface area contributed by atoms with Crippen molar-refractivity contribution in [1.29, 1.82) is 0 Å². The molecule has 2 saturated heterocycles. The standard InChI is InChI=1S/C14H15IN2O2S/c15-10-1-3-11(4-2-10)17-13(18)9-12(14(17)19)16-5-7-20-8-6-16/h1-4,12H,5-9H2/p+1/t12-/m1/s1. The van der Waals surface area contributed by atoms with Crippen molar-refractivity contribution in [3.63, 3.8) is 0 Å². The average Bonchev–Trinajstić information content (AvgIpc) is 2.76. The van der Waals surface area contributed by atoms with Crippen LogP contribution in [0.4, 0.5) is 5.69 Å². The molecule has 2 aliphatic heterocycles. The number of quaternary nitrogens is 1. The fourth-order valence-corrected chi connectivity index (χ4v) is 4.17. The number of carbonyl (C=O) groups is 2. The van der Waals surface area contributed by atoms with Gasteiger partial charge in [0.2, 0.25) is 5.91 Å². The molecule has 0 unspecified atom stereocenters. The van der Waals surface area contributed by atoms with E-state index in [1.807, 2.05) is 36.0 Å². The molecule has 2 heterocycles. The quantitative estimate of drug-likeness (QED) is 0.580. The molecule has 20 heavy (non-hydrogen) atoms. The fourth-order valence-electron chi connectivity index (χ4n) is 2.79. The van der Waals surface area contributed by atoms with Crippen LogP contribution in [0.1, 0.15) is 6.42 Å². The summed E-state index contributed by atoms with van der Waals surface area (Å²) in [5.74, 6) is 2.07. The third-order valence-corrected chi connectivity index (χ3v) is 5.56. The van der Waals surface area contributed by atoms with Crippen LogP contribution in [0.15, 0.2) is 24.3 Å². The highest BCUT2D eigenvalue weighted by molar-refractivity contribution is 14.1. The molecule has 0 saturated carbocycles. The van der Waals surface area contributed by atoms with Gasteiger partial charge in [0.1, 0.15) is 0 Å². The van der Waals surface area contributed by atoms with Crippen molar-refractivity contribution < 1.29 is 14.5 Å². The van der Waals surface area contributed by atoms with Gasteiger partial charge >= 0.3 is 0 Å². The maximum absolute atomic E-state index is 12.6. The van der Waals surface area contributed by atoms with E-state index < -0.39 is 0 Å². The zero-order valence-corrected chi connectivity index (χ0v) is 13.9. The largest absolute Gasteiger partial charge is 0.323 e. The number of imide groups is 1. The van der Waals surface area contributed by atoms with E-state index >= 15 is 0 Å². The Hall–Kier alpha value is -0.600. The number of hydrogen-bond donors (Lipinski definition) is 1. The van der Waals surface area contributed by atoms with E-state index in [4.69, 9.17) is 0 Å². The number of hydrogen-bond acceptors (Lipinski definition) is 3. The molecule has 0 spiro atoms. The van der Waals surface area contributed by atoms with E-state index in [0.29, 0.717) is 12.1 Å². The summed E-state index contributed by atoms with van der Waals surface area (Å²) >= 11 is 4.14. The van der Waals surface area contributed by atoms with E-state index in [2.05, 4.69) is 22.6 Å². The van der Waals surface area contributed by atoms with Crippen LogP contribution >= 0.6 is 34.4 Å². The summed E-state index contributed by atoms with van der Waals surface area (Å²) in [5.41, 5.74) is 0.703. The highest BCUT2D eigenvalue weighted by atomic mass is 127. The lowest BCUT2D eigenvalue weighted by Crippen LogP contribution is -3.18. The van der Waals surface area contributed by atoms with Gasteiger partial charge in [0, 0.05) is 15.1 Å². The van der Waals surface area contributed by atoms with E-state index in [1.165, 1.54) is 9.80 Å². The molecular formula is C14H16IN2O2S+. The third kappa shape index (κ3) is 2.73. The van der Waals surface area contributed by atoms with Gasteiger partial charge in [-0.25, -0.2) is 4.90 Å². The molecule has 2 aliphatic rings. The number of anilines is 1. The molecule has 4 nitrogen and oxygen atoms in total. The minimum Gasteiger partial charge on any atom is -0.323 e. The Bertz CT molecular complexity index is 528. The third-order valence-electron chi connectivity index (χ3n) is 3.86. The van der Waals surface area contributed by atoms with Crippen molar-refractivity contribution in [3.05, 3.63) is 27.8 Å². The van der Waals surface area contributed by atoms with Gasteiger partial charge in [-0.05, 0) is 46.9 Å². The number of nitrogens with one attached hydrogen (secondary N) is 1. The smallest absolute Gasteiger partial charge is 0.292 e. The van der Waals surface area contributed by atoms with E-state index in [-0.39, 0.29) is 17.9 Å². The van der Waals surface area contributed by atoms with Crippen LogP contribution < -0.4 is 9.80 Å². The Kier molecular flexibility index (Phi) is 4.32. The summed E-state index contributed by atoms with van der Waals surface area (Å²) in [4.78, 5) is 27.4. The topological polar surface area (TPSA) is 41.8 Å². The monoisotopic (exact) mass is 403 g/mol. The predicted octanol–water partition coefficient (Wildman–Crippen LogP) is 0.555. The summed E-state index contributed by atoms with van der Waals surface area (Å²) < 4.78 is 1.10. The molecule has 1 atom stereocenters. The van der Waals surface area contributed by atoms with E-state index in [1.54, 1.807) is 0 Å². The highest BCUT2D eigenvalue weighted by Gasteiger charge is 2.45. The Labute approximate surface area is 136 Å². The van der Waals surface area contributed by atoms with Crippen LogP contribution in [0.5, 0.6) is 0 Å². The highest BCUT2D eigenvalue weighted by Crippen LogP contribution is 2.23. The molecule has 1 N–H and O–H groups in total. The lowest BCUT2D eigenvalue weighted by Gasteiger charge is -2.27. The summed E-state index contributed by atoms with van der Waals surface area (Å²) in [5, 5.41) is 0. The summed E-state index contributed by atoms with van der Waals surface area (Å²) in [6, 6.07) is 7.37. The summed E-state index contributed by atoms with van der Waals surface area (Å²) in [7, 11) is 0. The second-order valence-corrected chi connectivity index (χ2v) is 7.54. The second kappa shape index (κ2) is 6.03. The molecule has 0 aromatic heterocycles. The number of benzene rings is 1. The lowest BCUT2D eigenvalue weighted by molar-refractivity contribution is -0.911. The number of halogens is 1. The van der Waals surface area contributed by atoms with Crippen LogP contribution in [-0.2, 0) is 9.59 Å². The Morgan fingerprint density at radius 1 is 1.15 bits per heavy atom. The van der Waals surface area contributed by atoms with Crippen LogP contribution in [0.3, 0.4) is 0 Å². The second-order valence-electron chi connectivity index (χ2n) is 5.07. The van der Waals surface area contributed by atoms with E-state index in [9.17, 15) is 9.59 Å². The first-order chi connectivity index (χ1) is 9.66. The van der Waals surface area contributed by atoms with Crippen molar-refractivity contribution in [1.82, 2.24) is 0 Å². The minimum atomic E-state index is -0.178. The zero-order chi connectivity index (χ0) is 14.1. The lowest BCUT2D eigenvalue weighted by atomic mass is 10.2. The van der Waals surface area contributed by atoms with Gasteiger partial charge in [-0.15, -0.1) is 0 Å². The van der Waals surface area contributed by atoms with Crippen molar-refractivity contribution in [3.8, 4) is 0 Å². The molecular weight excluding hydrogens is 387 g/mol. The first kappa shape index (κ1) is 14.3. The molecule has 0 radical (unpaired) electrons. The Balaban J connectivity index is 1.81. The average molecular weight is 403 g/mol. The van der Waals surface area contributed by atoms with Crippen LogP contribution in [0.25, 0.3) is 0 Å². The summed E-state index contributed by atoms with van der Waals surface area (Å²) in [6.07, 6.45) is 0.352. The molecule has 106 valence electrons. The molecule has 2 fully saturated rings. The molecule has 3 rings (SSSR count). The molecule has 0 aliphatic carbocycles. The molecule has 1 aromatic carbocycles. The maximum Gasteiger partial charge on any atom is 0.292 e. The van der Waals surface area contributed by atoms with Crippen molar-refractivity contribution >= 4 is 51.9 Å². The SMILES string of the molecule is O=C1C[C@@H]([NH+]2CCSCC2)C(=O)N1c1ccc(I)cc1. The Morgan fingerprint density at radius 2 is 1.80 bits per heavy atom. The normalized spacial score (nSPS) is 24.4. The minimum absolute atomic E-state index is 0.0295. The van der Waals surface area contributed by atoms with Crippen molar-refractivity contribution in [2.45, 2.75) is 12.5 Å². The number of carbonyl (C=O) groups excluding carboxylic acids is 2. The Morgan fingerprint density at radius 3 is 2.45 bits per heavy atom. The predicted molar refractivity (Wildman–Crippen MR) is 88.1 cm³/mol. The van der Waals surface area contributed by atoms with Gasteiger partial charge in [0.15, 0.2) is 6.04 Å². The first-order valence-electron chi connectivity index (χ1n) is 6.71. The first-order valence-corrected chi connectivity index (χ1v) is 8.95. The number of amides is 2. The fraction of sp³-hybridized carbons (Fsp3) is 0.429. The van der Waals surface area contributed by atoms with Gasteiger partial charge in [-0.1, -0.05) is 0 Å². The number of thioether (sulfide) groups is 1. The number of rotatable bonds is 2. The number of nitrogens with zero attached hydrogens (tertiary/aromatic N) is 1. The van der Waals surface area contributed by atoms with Gasteiger partial charge in [-0.2, -0.15) is 11.8 Å².